The summed E-state index contributed by atoms with van der Waals surface area (Å²) in [6.07, 6.45) is 10.1. The third-order valence-corrected chi connectivity index (χ3v) is 4.13. The molecule has 0 aromatic heterocycles. The number of amides is 1. The van der Waals surface area contributed by atoms with E-state index in [1.165, 1.54) is 31.4 Å². The summed E-state index contributed by atoms with van der Waals surface area (Å²) in [6, 6.07) is 10.9. The average molecular weight is 425 g/mol. The molecule has 0 heterocycles. The zero-order chi connectivity index (χ0) is 22.5. The van der Waals surface area contributed by atoms with Gasteiger partial charge in [0.1, 0.15) is 31.4 Å². The van der Waals surface area contributed by atoms with Crippen LogP contribution in [0.5, 0.6) is 17.2 Å². The Morgan fingerprint density at radius 1 is 1.06 bits per heavy atom. The predicted molar refractivity (Wildman–Crippen MR) is 115 cm³/mol. The van der Waals surface area contributed by atoms with E-state index in [0.29, 0.717) is 30.2 Å². The summed E-state index contributed by atoms with van der Waals surface area (Å²) in [6.45, 7) is 0.402. The maximum absolute atomic E-state index is 13.0. The van der Waals surface area contributed by atoms with Gasteiger partial charge in [-0.05, 0) is 48.4 Å². The first-order valence-corrected chi connectivity index (χ1v) is 9.51. The van der Waals surface area contributed by atoms with Crippen molar-refractivity contribution >= 4 is 5.91 Å². The standard InChI is InChI=1S/C24H24FNO5/c1-4-14-29-21-11-6-18(16-22(21)28-3)12-13-26-24(27)23(30-15-5-2)17-31-20-9-7-19(25)8-10-20/h1-2,6-11,16,23H,12-15,17H2,3H3,(H,26,27). The van der Waals surface area contributed by atoms with Crippen molar-refractivity contribution in [2.45, 2.75) is 12.5 Å². The molecule has 0 aliphatic rings. The molecule has 0 aliphatic heterocycles. The molecule has 1 N–H and O–H groups in total. The number of ether oxygens (including phenoxy) is 4. The van der Waals surface area contributed by atoms with Crippen LogP contribution >= 0.6 is 0 Å². The van der Waals surface area contributed by atoms with E-state index < -0.39 is 6.10 Å². The Kier molecular flexibility index (Phi) is 9.74. The highest BCUT2D eigenvalue weighted by Crippen LogP contribution is 2.28. The van der Waals surface area contributed by atoms with Crippen molar-refractivity contribution in [3.05, 3.63) is 53.8 Å². The number of carbonyl (C=O) groups is 1. The highest BCUT2D eigenvalue weighted by Gasteiger charge is 2.20. The fraction of sp³-hybridized carbons (Fsp3) is 0.292. The Hall–Kier alpha value is -3.68. The van der Waals surface area contributed by atoms with Gasteiger partial charge in [-0.2, -0.15) is 0 Å². The Morgan fingerprint density at radius 2 is 1.81 bits per heavy atom. The fourth-order valence-corrected chi connectivity index (χ4v) is 2.60. The molecule has 1 unspecified atom stereocenters. The van der Waals surface area contributed by atoms with Crippen molar-refractivity contribution in [2.24, 2.45) is 0 Å². The Labute approximate surface area is 181 Å². The van der Waals surface area contributed by atoms with Crippen molar-refractivity contribution in [1.82, 2.24) is 5.32 Å². The van der Waals surface area contributed by atoms with Gasteiger partial charge in [0, 0.05) is 6.54 Å². The largest absolute Gasteiger partial charge is 0.493 e. The van der Waals surface area contributed by atoms with Gasteiger partial charge in [0.25, 0.3) is 5.91 Å². The lowest BCUT2D eigenvalue weighted by Crippen LogP contribution is -2.41. The van der Waals surface area contributed by atoms with E-state index in [1.807, 2.05) is 12.1 Å². The van der Waals surface area contributed by atoms with E-state index in [9.17, 15) is 9.18 Å². The molecule has 0 saturated carbocycles. The normalized spacial score (nSPS) is 11.0. The molecule has 31 heavy (non-hydrogen) atoms. The van der Waals surface area contributed by atoms with Crippen molar-refractivity contribution < 1.29 is 28.1 Å². The van der Waals surface area contributed by atoms with Gasteiger partial charge in [-0.3, -0.25) is 4.79 Å². The minimum Gasteiger partial charge on any atom is -0.493 e. The molecule has 0 fully saturated rings. The smallest absolute Gasteiger partial charge is 0.252 e. The van der Waals surface area contributed by atoms with Gasteiger partial charge in [0.05, 0.1) is 7.11 Å². The van der Waals surface area contributed by atoms with Crippen molar-refractivity contribution in [1.29, 1.82) is 0 Å². The van der Waals surface area contributed by atoms with E-state index in [1.54, 1.807) is 6.07 Å². The quantitative estimate of drug-likeness (QED) is 0.530. The van der Waals surface area contributed by atoms with Crippen LogP contribution in [0.25, 0.3) is 0 Å². The fourth-order valence-electron chi connectivity index (χ4n) is 2.60. The molecular formula is C24H24FNO5. The van der Waals surface area contributed by atoms with Gasteiger partial charge >= 0.3 is 0 Å². The van der Waals surface area contributed by atoms with Crippen LogP contribution < -0.4 is 19.5 Å². The first kappa shape index (κ1) is 23.6. The highest BCUT2D eigenvalue weighted by molar-refractivity contribution is 5.81. The minimum absolute atomic E-state index is 0.0405. The number of halogens is 1. The molecular weight excluding hydrogens is 401 g/mol. The number of rotatable bonds is 12. The number of carbonyl (C=O) groups excluding carboxylic acids is 1. The zero-order valence-electron chi connectivity index (χ0n) is 17.2. The topological polar surface area (TPSA) is 66.0 Å². The van der Waals surface area contributed by atoms with Crippen molar-refractivity contribution in [3.8, 4) is 41.9 Å². The summed E-state index contributed by atoms with van der Waals surface area (Å²) in [5.74, 6) is 5.52. The number of nitrogens with one attached hydrogen (secondary N) is 1. The molecule has 0 radical (unpaired) electrons. The molecule has 0 spiro atoms. The van der Waals surface area contributed by atoms with Crippen LogP contribution in [-0.2, 0) is 16.0 Å². The minimum atomic E-state index is -0.907. The van der Waals surface area contributed by atoms with Gasteiger partial charge < -0.3 is 24.3 Å². The zero-order valence-corrected chi connectivity index (χ0v) is 17.2. The number of hydrogen-bond donors (Lipinski definition) is 1. The van der Waals surface area contributed by atoms with Gasteiger partial charge in [0.15, 0.2) is 17.6 Å². The summed E-state index contributed by atoms with van der Waals surface area (Å²) in [7, 11) is 1.54. The maximum atomic E-state index is 13.0. The SMILES string of the molecule is C#CCOc1ccc(CCNC(=O)C(COc2ccc(F)cc2)OCC#C)cc1OC. The molecule has 0 aliphatic carbocycles. The third-order valence-electron chi connectivity index (χ3n) is 4.13. The Bertz CT molecular complexity index is 930. The lowest BCUT2D eigenvalue weighted by atomic mass is 10.1. The van der Waals surface area contributed by atoms with Crippen molar-refractivity contribution in [2.75, 3.05) is 33.5 Å². The second-order valence-corrected chi connectivity index (χ2v) is 6.29. The number of methoxy groups -OCH3 is 1. The number of benzene rings is 2. The first-order valence-electron chi connectivity index (χ1n) is 9.51. The Morgan fingerprint density at radius 3 is 2.48 bits per heavy atom. The van der Waals surface area contributed by atoms with Crippen LogP contribution in [0.3, 0.4) is 0 Å². The van der Waals surface area contributed by atoms with Gasteiger partial charge in [-0.1, -0.05) is 17.9 Å². The number of hydrogen-bond acceptors (Lipinski definition) is 5. The summed E-state index contributed by atoms with van der Waals surface area (Å²) < 4.78 is 34.6. The van der Waals surface area contributed by atoms with Gasteiger partial charge in [-0.25, -0.2) is 4.39 Å². The van der Waals surface area contributed by atoms with Crippen molar-refractivity contribution in [3.63, 3.8) is 0 Å². The highest BCUT2D eigenvalue weighted by atomic mass is 19.1. The average Bonchev–Trinajstić information content (AvgIpc) is 2.79. The summed E-state index contributed by atoms with van der Waals surface area (Å²) in [4.78, 5) is 12.5. The summed E-state index contributed by atoms with van der Waals surface area (Å²) >= 11 is 0. The molecule has 2 rings (SSSR count). The van der Waals surface area contributed by atoms with E-state index in [-0.39, 0.29) is 31.5 Å². The van der Waals surface area contributed by atoms with Crippen LogP contribution in [0.2, 0.25) is 0 Å². The van der Waals surface area contributed by atoms with E-state index in [4.69, 9.17) is 31.8 Å². The van der Waals surface area contributed by atoms with E-state index >= 15 is 0 Å². The van der Waals surface area contributed by atoms with E-state index in [2.05, 4.69) is 17.2 Å². The molecule has 6 nitrogen and oxygen atoms in total. The predicted octanol–water partition coefficient (Wildman–Crippen LogP) is 2.60. The van der Waals surface area contributed by atoms with Gasteiger partial charge in [-0.15, -0.1) is 12.8 Å². The molecule has 1 amide bonds. The molecule has 7 heteroatoms. The molecule has 162 valence electrons. The van der Waals surface area contributed by atoms with Gasteiger partial charge in [0.2, 0.25) is 0 Å². The summed E-state index contributed by atoms with van der Waals surface area (Å²) in [5.41, 5.74) is 0.939. The molecule has 1 atom stereocenters. The molecule has 2 aromatic carbocycles. The second-order valence-electron chi connectivity index (χ2n) is 6.29. The lowest BCUT2D eigenvalue weighted by Gasteiger charge is -2.17. The number of terminal acetylenes is 2. The second kappa shape index (κ2) is 12.8. The van der Waals surface area contributed by atoms with E-state index in [0.717, 1.165) is 5.56 Å². The maximum Gasteiger partial charge on any atom is 0.252 e. The van der Waals surface area contributed by atoms with Crippen LogP contribution in [-0.4, -0.2) is 45.5 Å². The summed E-state index contributed by atoms with van der Waals surface area (Å²) in [5, 5.41) is 2.80. The van der Waals surface area contributed by atoms with Crippen LogP contribution in [0.15, 0.2) is 42.5 Å². The first-order chi connectivity index (χ1) is 15.1. The Balaban J connectivity index is 1.89. The van der Waals surface area contributed by atoms with Crippen LogP contribution in [0.1, 0.15) is 5.56 Å². The monoisotopic (exact) mass is 425 g/mol. The van der Waals surface area contributed by atoms with Crippen LogP contribution in [0, 0.1) is 30.5 Å². The molecule has 2 aromatic rings. The molecule has 0 saturated heterocycles. The third kappa shape index (κ3) is 7.93. The molecule has 0 bridgehead atoms. The van der Waals surface area contributed by atoms with Crippen LogP contribution in [0.4, 0.5) is 4.39 Å². The lowest BCUT2D eigenvalue weighted by molar-refractivity contribution is -0.133.